The lowest BCUT2D eigenvalue weighted by Gasteiger charge is -2.24. The standard InChI is InChI=1S/C18H29NO/c20-15-12-17(7-6-16-4-2-1-3-5-16)8-9-18-10-13-19-14-11-18/h10-11,13-14,16-17,20H,1-9,12,15H2. The van der Waals surface area contributed by atoms with Gasteiger partial charge < -0.3 is 5.11 Å². The molecule has 2 rings (SSSR count). The summed E-state index contributed by atoms with van der Waals surface area (Å²) in [4.78, 5) is 4.07. The molecule has 1 saturated carbocycles. The van der Waals surface area contributed by atoms with Crippen molar-refractivity contribution in [1.82, 2.24) is 4.98 Å². The number of aryl methyl sites for hydroxylation is 1. The Morgan fingerprint density at radius 2 is 1.80 bits per heavy atom. The molecule has 1 aliphatic carbocycles. The maximum atomic E-state index is 9.26. The van der Waals surface area contributed by atoms with E-state index in [1.807, 2.05) is 12.4 Å². The molecule has 0 amide bonds. The molecule has 1 N–H and O–H groups in total. The molecule has 20 heavy (non-hydrogen) atoms. The highest BCUT2D eigenvalue weighted by molar-refractivity contribution is 5.09. The van der Waals surface area contributed by atoms with Gasteiger partial charge in [-0.3, -0.25) is 4.98 Å². The lowest BCUT2D eigenvalue weighted by molar-refractivity contribution is 0.231. The molecule has 0 bridgehead atoms. The quantitative estimate of drug-likeness (QED) is 0.764. The fraction of sp³-hybridized carbons (Fsp3) is 0.722. The number of hydrogen-bond acceptors (Lipinski definition) is 2. The molecule has 2 nitrogen and oxygen atoms in total. The smallest absolute Gasteiger partial charge is 0.0433 e. The fourth-order valence-electron chi connectivity index (χ4n) is 3.48. The summed E-state index contributed by atoms with van der Waals surface area (Å²) in [5.41, 5.74) is 1.38. The van der Waals surface area contributed by atoms with Crippen LogP contribution in [-0.4, -0.2) is 16.7 Å². The fourth-order valence-corrected chi connectivity index (χ4v) is 3.48. The monoisotopic (exact) mass is 275 g/mol. The van der Waals surface area contributed by atoms with Gasteiger partial charge in [-0.25, -0.2) is 0 Å². The van der Waals surface area contributed by atoms with Gasteiger partial charge in [0.05, 0.1) is 0 Å². The minimum Gasteiger partial charge on any atom is -0.396 e. The third-order valence-electron chi connectivity index (χ3n) is 4.84. The zero-order chi connectivity index (χ0) is 14.0. The van der Waals surface area contributed by atoms with E-state index >= 15 is 0 Å². The SMILES string of the molecule is OCCC(CCc1ccncc1)CCC1CCCCC1. The maximum Gasteiger partial charge on any atom is 0.0433 e. The van der Waals surface area contributed by atoms with E-state index in [0.717, 1.165) is 18.8 Å². The summed E-state index contributed by atoms with van der Waals surface area (Å²) in [6, 6.07) is 4.22. The zero-order valence-corrected chi connectivity index (χ0v) is 12.6. The number of aromatic nitrogens is 1. The minimum atomic E-state index is 0.339. The van der Waals surface area contributed by atoms with Gasteiger partial charge >= 0.3 is 0 Å². The molecule has 0 saturated heterocycles. The molecule has 1 aromatic heterocycles. The lowest BCUT2D eigenvalue weighted by Crippen LogP contribution is -2.11. The van der Waals surface area contributed by atoms with Crippen LogP contribution in [0, 0.1) is 11.8 Å². The molecule has 1 aliphatic rings. The van der Waals surface area contributed by atoms with E-state index in [9.17, 15) is 5.11 Å². The van der Waals surface area contributed by atoms with Crippen LogP contribution in [0.2, 0.25) is 0 Å². The Labute approximate surface area is 123 Å². The highest BCUT2D eigenvalue weighted by atomic mass is 16.3. The van der Waals surface area contributed by atoms with Crippen LogP contribution in [-0.2, 0) is 6.42 Å². The van der Waals surface area contributed by atoms with Crippen molar-refractivity contribution in [3.05, 3.63) is 30.1 Å². The van der Waals surface area contributed by atoms with Crippen molar-refractivity contribution in [2.75, 3.05) is 6.61 Å². The predicted molar refractivity (Wildman–Crippen MR) is 83.6 cm³/mol. The molecule has 1 fully saturated rings. The lowest BCUT2D eigenvalue weighted by atomic mass is 9.82. The first-order chi connectivity index (χ1) is 9.88. The highest BCUT2D eigenvalue weighted by Gasteiger charge is 2.16. The van der Waals surface area contributed by atoms with Gasteiger partial charge in [-0.2, -0.15) is 0 Å². The molecule has 1 unspecified atom stereocenters. The average molecular weight is 275 g/mol. The van der Waals surface area contributed by atoms with E-state index in [4.69, 9.17) is 0 Å². The minimum absolute atomic E-state index is 0.339. The van der Waals surface area contributed by atoms with Gasteiger partial charge in [-0.15, -0.1) is 0 Å². The largest absolute Gasteiger partial charge is 0.396 e. The number of aliphatic hydroxyl groups is 1. The number of nitrogens with zero attached hydrogens (tertiary/aromatic N) is 1. The van der Waals surface area contributed by atoms with Crippen LogP contribution in [0.1, 0.15) is 63.4 Å². The number of hydrogen-bond donors (Lipinski definition) is 1. The molecule has 1 aromatic rings. The number of rotatable bonds is 8. The van der Waals surface area contributed by atoms with Crippen LogP contribution in [0.5, 0.6) is 0 Å². The molecule has 0 spiro atoms. The van der Waals surface area contributed by atoms with Crippen molar-refractivity contribution in [2.24, 2.45) is 11.8 Å². The van der Waals surface area contributed by atoms with Crippen molar-refractivity contribution in [1.29, 1.82) is 0 Å². The first-order valence-electron chi connectivity index (χ1n) is 8.38. The van der Waals surface area contributed by atoms with Crippen LogP contribution >= 0.6 is 0 Å². The summed E-state index contributed by atoms with van der Waals surface area (Å²) in [5.74, 6) is 1.65. The van der Waals surface area contributed by atoms with E-state index < -0.39 is 0 Å². The molecule has 1 heterocycles. The number of aliphatic hydroxyl groups excluding tert-OH is 1. The predicted octanol–water partition coefficient (Wildman–Crippen LogP) is 4.37. The summed E-state index contributed by atoms with van der Waals surface area (Å²) in [6.45, 7) is 0.339. The second kappa shape index (κ2) is 9.12. The van der Waals surface area contributed by atoms with Crippen molar-refractivity contribution < 1.29 is 5.11 Å². The Kier molecular flexibility index (Phi) is 7.07. The van der Waals surface area contributed by atoms with Crippen molar-refractivity contribution >= 4 is 0 Å². The second-order valence-corrected chi connectivity index (χ2v) is 6.35. The molecule has 0 aromatic carbocycles. The van der Waals surface area contributed by atoms with E-state index in [-0.39, 0.29) is 0 Å². The van der Waals surface area contributed by atoms with Gasteiger partial charge in [0.2, 0.25) is 0 Å². The van der Waals surface area contributed by atoms with Crippen LogP contribution in [0.4, 0.5) is 0 Å². The summed E-state index contributed by atoms with van der Waals surface area (Å²) >= 11 is 0. The Morgan fingerprint density at radius 3 is 2.50 bits per heavy atom. The second-order valence-electron chi connectivity index (χ2n) is 6.35. The van der Waals surface area contributed by atoms with Crippen LogP contribution in [0.25, 0.3) is 0 Å². The van der Waals surface area contributed by atoms with Gasteiger partial charge in [0.25, 0.3) is 0 Å². The van der Waals surface area contributed by atoms with Gasteiger partial charge in [-0.05, 0) is 48.8 Å². The van der Waals surface area contributed by atoms with E-state index in [1.165, 1.54) is 56.9 Å². The van der Waals surface area contributed by atoms with Crippen LogP contribution in [0.15, 0.2) is 24.5 Å². The van der Waals surface area contributed by atoms with Gasteiger partial charge in [0, 0.05) is 19.0 Å². The van der Waals surface area contributed by atoms with Crippen LogP contribution in [0.3, 0.4) is 0 Å². The molecule has 1 atom stereocenters. The normalized spacial score (nSPS) is 18.1. The Bertz CT molecular complexity index is 346. The first kappa shape index (κ1) is 15.5. The summed E-state index contributed by atoms with van der Waals surface area (Å²) < 4.78 is 0. The topological polar surface area (TPSA) is 33.1 Å². The highest BCUT2D eigenvalue weighted by Crippen LogP contribution is 2.30. The molecule has 2 heteroatoms. The van der Waals surface area contributed by atoms with E-state index in [2.05, 4.69) is 17.1 Å². The van der Waals surface area contributed by atoms with E-state index in [1.54, 1.807) is 0 Å². The number of pyridine rings is 1. The average Bonchev–Trinajstić information content (AvgIpc) is 2.52. The summed E-state index contributed by atoms with van der Waals surface area (Å²) in [6.07, 6.45) is 16.9. The molecular weight excluding hydrogens is 246 g/mol. The van der Waals surface area contributed by atoms with Crippen molar-refractivity contribution in [2.45, 2.75) is 64.2 Å². The molecular formula is C18H29NO. The van der Waals surface area contributed by atoms with Gasteiger partial charge in [0.15, 0.2) is 0 Å². The Hall–Kier alpha value is -0.890. The maximum absolute atomic E-state index is 9.26. The molecule has 0 radical (unpaired) electrons. The molecule has 0 aliphatic heterocycles. The Balaban J connectivity index is 1.71. The summed E-state index contributed by atoms with van der Waals surface area (Å²) in [5, 5.41) is 9.26. The summed E-state index contributed by atoms with van der Waals surface area (Å²) in [7, 11) is 0. The zero-order valence-electron chi connectivity index (χ0n) is 12.6. The van der Waals surface area contributed by atoms with Gasteiger partial charge in [-0.1, -0.05) is 44.9 Å². The van der Waals surface area contributed by atoms with E-state index in [0.29, 0.717) is 12.5 Å². The Morgan fingerprint density at radius 1 is 1.05 bits per heavy atom. The first-order valence-corrected chi connectivity index (χ1v) is 8.38. The van der Waals surface area contributed by atoms with Crippen LogP contribution < -0.4 is 0 Å². The third kappa shape index (κ3) is 5.62. The third-order valence-corrected chi connectivity index (χ3v) is 4.84. The van der Waals surface area contributed by atoms with Crippen molar-refractivity contribution in [3.8, 4) is 0 Å². The van der Waals surface area contributed by atoms with Gasteiger partial charge in [0.1, 0.15) is 0 Å². The van der Waals surface area contributed by atoms with Crippen molar-refractivity contribution in [3.63, 3.8) is 0 Å². The molecule has 112 valence electrons.